The number of amidine groups is 1. The van der Waals surface area contributed by atoms with Crippen LogP contribution in [0.15, 0.2) is 88.9 Å². The van der Waals surface area contributed by atoms with Crippen molar-refractivity contribution >= 4 is 45.6 Å². The Labute approximate surface area is 167 Å². The molecular formula is C22H18N4OS. The summed E-state index contributed by atoms with van der Waals surface area (Å²) >= 11 is 1.36. The van der Waals surface area contributed by atoms with Gasteiger partial charge < -0.3 is 5.73 Å². The lowest BCUT2D eigenvalue weighted by molar-refractivity contribution is -0.113. The predicted molar refractivity (Wildman–Crippen MR) is 116 cm³/mol. The molecule has 0 radical (unpaired) electrons. The summed E-state index contributed by atoms with van der Waals surface area (Å²) in [6.07, 6.45) is 1.68. The van der Waals surface area contributed by atoms with Crippen molar-refractivity contribution in [3.05, 3.63) is 89.5 Å². The Morgan fingerprint density at radius 1 is 1.00 bits per heavy atom. The van der Waals surface area contributed by atoms with Gasteiger partial charge in [-0.1, -0.05) is 36.4 Å². The van der Waals surface area contributed by atoms with Crippen LogP contribution >= 0.6 is 11.8 Å². The smallest absolute Gasteiger partial charge is 0.271 e. The molecule has 0 unspecified atom stereocenters. The molecule has 3 aromatic rings. The van der Waals surface area contributed by atoms with Crippen LogP contribution in [-0.2, 0) is 4.79 Å². The van der Waals surface area contributed by atoms with Crippen molar-refractivity contribution in [3.63, 3.8) is 0 Å². The molecule has 5 nitrogen and oxygen atoms in total. The summed E-state index contributed by atoms with van der Waals surface area (Å²) in [5, 5.41) is 0.583. The molecule has 2 N–H and O–H groups in total. The number of allylic oxidation sites excluding steroid dienone is 1. The fourth-order valence-corrected chi connectivity index (χ4v) is 3.92. The summed E-state index contributed by atoms with van der Waals surface area (Å²) < 4.78 is 0. The summed E-state index contributed by atoms with van der Waals surface area (Å²) in [5.74, 6) is 0.463. The summed E-state index contributed by atoms with van der Waals surface area (Å²) in [4.78, 5) is 24.5. The lowest BCUT2D eigenvalue weighted by atomic mass is 10.1. The number of anilines is 2. The van der Waals surface area contributed by atoms with E-state index in [0.29, 0.717) is 21.6 Å². The van der Waals surface area contributed by atoms with E-state index in [4.69, 9.17) is 5.73 Å². The summed E-state index contributed by atoms with van der Waals surface area (Å²) in [5.41, 5.74) is 9.10. The Morgan fingerprint density at radius 2 is 1.71 bits per heavy atom. The Bertz CT molecular complexity index is 1060. The number of carbonyl (C=O) groups is 1. The SMILES string of the molecule is C/C(=C1/S/C(=N/c2ccccn2)N(c2ccccc2)C1=O)c1ccc(N)cc1. The Balaban J connectivity index is 1.81. The van der Waals surface area contributed by atoms with Crippen LogP contribution in [0.3, 0.4) is 0 Å². The molecule has 6 heteroatoms. The van der Waals surface area contributed by atoms with Crippen LogP contribution in [0.25, 0.3) is 5.57 Å². The number of aliphatic imine (C=N–C) groups is 1. The van der Waals surface area contributed by atoms with E-state index in [1.807, 2.05) is 79.7 Å². The molecule has 0 aliphatic carbocycles. The third-order valence-corrected chi connectivity index (χ3v) is 5.48. The molecule has 138 valence electrons. The zero-order valence-corrected chi connectivity index (χ0v) is 16.1. The number of hydrogen-bond donors (Lipinski definition) is 1. The van der Waals surface area contributed by atoms with Gasteiger partial charge in [0.15, 0.2) is 11.0 Å². The zero-order chi connectivity index (χ0) is 19.5. The predicted octanol–water partition coefficient (Wildman–Crippen LogP) is 4.86. The molecule has 1 aliphatic heterocycles. The molecule has 4 rings (SSSR count). The minimum absolute atomic E-state index is 0.0970. The highest BCUT2D eigenvalue weighted by atomic mass is 32.2. The van der Waals surface area contributed by atoms with E-state index in [1.54, 1.807) is 11.1 Å². The van der Waals surface area contributed by atoms with Crippen LogP contribution in [0.5, 0.6) is 0 Å². The van der Waals surface area contributed by atoms with Crippen molar-refractivity contribution in [1.29, 1.82) is 0 Å². The molecule has 28 heavy (non-hydrogen) atoms. The van der Waals surface area contributed by atoms with Crippen LogP contribution in [-0.4, -0.2) is 16.1 Å². The van der Waals surface area contributed by atoms with Gasteiger partial charge in [0.1, 0.15) is 0 Å². The van der Waals surface area contributed by atoms with E-state index in [2.05, 4.69) is 9.98 Å². The minimum atomic E-state index is -0.0970. The van der Waals surface area contributed by atoms with Crippen LogP contribution in [0.4, 0.5) is 17.2 Å². The van der Waals surface area contributed by atoms with Crippen molar-refractivity contribution < 1.29 is 4.79 Å². The zero-order valence-electron chi connectivity index (χ0n) is 15.2. The van der Waals surface area contributed by atoms with Gasteiger partial charge in [0, 0.05) is 11.9 Å². The van der Waals surface area contributed by atoms with Crippen LogP contribution in [0.1, 0.15) is 12.5 Å². The standard InChI is InChI=1S/C22H18N4OS/c1-15(16-10-12-17(23)13-11-16)20-21(27)26(18-7-3-2-4-8-18)22(28-20)25-19-9-5-6-14-24-19/h2-14H,23H2,1H3/b20-15-,25-22+. The van der Waals surface area contributed by atoms with E-state index < -0.39 is 0 Å². The highest BCUT2D eigenvalue weighted by molar-refractivity contribution is 8.19. The van der Waals surface area contributed by atoms with Gasteiger partial charge in [-0.2, -0.15) is 0 Å². The number of benzene rings is 2. The molecule has 1 fully saturated rings. The number of thioether (sulfide) groups is 1. The lowest BCUT2D eigenvalue weighted by Crippen LogP contribution is -2.28. The first-order valence-corrected chi connectivity index (χ1v) is 9.59. The number of nitrogens with zero attached hydrogens (tertiary/aromatic N) is 3. The molecule has 0 atom stereocenters. The average Bonchev–Trinajstić information content (AvgIpc) is 3.05. The van der Waals surface area contributed by atoms with Crippen molar-refractivity contribution in [2.75, 3.05) is 10.6 Å². The number of amides is 1. The number of para-hydroxylation sites is 1. The minimum Gasteiger partial charge on any atom is -0.399 e. The topological polar surface area (TPSA) is 71.6 Å². The summed E-state index contributed by atoms with van der Waals surface area (Å²) in [6, 6.07) is 22.6. The number of rotatable bonds is 3. The van der Waals surface area contributed by atoms with Gasteiger partial charge in [0.05, 0.1) is 10.6 Å². The van der Waals surface area contributed by atoms with Gasteiger partial charge in [-0.05, 0) is 66.2 Å². The number of carbonyl (C=O) groups excluding carboxylic acids is 1. The molecule has 1 aromatic heterocycles. The normalized spacial score (nSPS) is 17.2. The third kappa shape index (κ3) is 3.54. The van der Waals surface area contributed by atoms with Gasteiger partial charge >= 0.3 is 0 Å². The molecule has 1 amide bonds. The molecule has 0 saturated carbocycles. The maximum atomic E-state index is 13.3. The second-order valence-corrected chi connectivity index (χ2v) is 7.21. The van der Waals surface area contributed by atoms with E-state index in [0.717, 1.165) is 16.8 Å². The fraction of sp³-hybridized carbons (Fsp3) is 0.0455. The number of nitrogen functional groups attached to an aromatic ring is 1. The maximum absolute atomic E-state index is 13.3. The Hall–Kier alpha value is -3.38. The first kappa shape index (κ1) is 18.0. The molecule has 0 spiro atoms. The van der Waals surface area contributed by atoms with Crippen molar-refractivity contribution in [2.45, 2.75) is 6.92 Å². The summed E-state index contributed by atoms with van der Waals surface area (Å²) in [6.45, 7) is 1.94. The van der Waals surface area contributed by atoms with Gasteiger partial charge in [0.25, 0.3) is 5.91 Å². The molecule has 1 aliphatic rings. The second-order valence-electron chi connectivity index (χ2n) is 6.24. The van der Waals surface area contributed by atoms with Crippen molar-refractivity contribution in [2.24, 2.45) is 4.99 Å². The van der Waals surface area contributed by atoms with Crippen molar-refractivity contribution in [1.82, 2.24) is 4.98 Å². The number of pyridine rings is 1. The maximum Gasteiger partial charge on any atom is 0.271 e. The molecule has 2 aromatic carbocycles. The molecule has 2 heterocycles. The van der Waals surface area contributed by atoms with E-state index in [-0.39, 0.29) is 5.91 Å². The number of aromatic nitrogens is 1. The Kier molecular flexibility index (Phi) is 4.95. The monoisotopic (exact) mass is 386 g/mol. The molecule has 1 saturated heterocycles. The first-order chi connectivity index (χ1) is 13.6. The average molecular weight is 386 g/mol. The van der Waals surface area contributed by atoms with Crippen LogP contribution in [0.2, 0.25) is 0 Å². The van der Waals surface area contributed by atoms with Gasteiger partial charge in [0.2, 0.25) is 0 Å². The summed E-state index contributed by atoms with van der Waals surface area (Å²) in [7, 11) is 0. The quantitative estimate of drug-likeness (QED) is 0.515. The van der Waals surface area contributed by atoms with Gasteiger partial charge in [-0.25, -0.2) is 9.98 Å². The largest absolute Gasteiger partial charge is 0.399 e. The Morgan fingerprint density at radius 3 is 2.39 bits per heavy atom. The lowest BCUT2D eigenvalue weighted by Gasteiger charge is -2.15. The number of nitrogens with two attached hydrogens (primary N) is 1. The van der Waals surface area contributed by atoms with E-state index in [1.165, 1.54) is 11.8 Å². The fourth-order valence-electron chi connectivity index (χ4n) is 2.87. The molecular weight excluding hydrogens is 368 g/mol. The highest BCUT2D eigenvalue weighted by Crippen LogP contribution is 2.39. The van der Waals surface area contributed by atoms with Crippen molar-refractivity contribution in [3.8, 4) is 0 Å². The van der Waals surface area contributed by atoms with Gasteiger partial charge in [-0.15, -0.1) is 0 Å². The van der Waals surface area contributed by atoms with E-state index in [9.17, 15) is 4.79 Å². The molecule has 0 bridgehead atoms. The number of hydrogen-bond acceptors (Lipinski definition) is 5. The van der Waals surface area contributed by atoms with Crippen LogP contribution in [0, 0.1) is 0 Å². The van der Waals surface area contributed by atoms with Gasteiger partial charge in [-0.3, -0.25) is 9.69 Å². The highest BCUT2D eigenvalue weighted by Gasteiger charge is 2.36. The first-order valence-electron chi connectivity index (χ1n) is 8.77. The second kappa shape index (κ2) is 7.70. The van der Waals surface area contributed by atoms with E-state index >= 15 is 0 Å². The van der Waals surface area contributed by atoms with Crippen LogP contribution < -0.4 is 10.6 Å². The third-order valence-electron chi connectivity index (χ3n) is 4.34.